The molecule has 2 aromatic carbocycles. The third-order valence-corrected chi connectivity index (χ3v) is 5.15. The zero-order chi connectivity index (χ0) is 32.2. The second kappa shape index (κ2) is 19.6. The van der Waals surface area contributed by atoms with Crippen LogP contribution >= 0.6 is 0 Å². The first-order valence-electron chi connectivity index (χ1n) is 13.3. The quantitative estimate of drug-likeness (QED) is 0.0878. The second-order valence-corrected chi connectivity index (χ2v) is 8.27. The summed E-state index contributed by atoms with van der Waals surface area (Å²) >= 11 is 0. The van der Waals surface area contributed by atoms with Crippen LogP contribution in [0.3, 0.4) is 0 Å². The summed E-state index contributed by atoms with van der Waals surface area (Å²) in [6, 6.07) is 10.1. The molecule has 0 aromatic heterocycles. The Bertz CT molecular complexity index is 1140. The zero-order valence-electron chi connectivity index (χ0n) is 24.2. The van der Waals surface area contributed by atoms with Crippen LogP contribution in [0.2, 0.25) is 0 Å². The number of carbonyl (C=O) groups excluding carboxylic acids is 4. The van der Waals surface area contributed by atoms with E-state index in [0.29, 0.717) is 34.1 Å². The van der Waals surface area contributed by atoms with Crippen molar-refractivity contribution in [2.45, 2.75) is 0 Å². The topological polar surface area (TPSA) is 142 Å². The lowest BCUT2D eigenvalue weighted by Crippen LogP contribution is -2.12. The van der Waals surface area contributed by atoms with Gasteiger partial charge in [-0.2, -0.15) is 0 Å². The van der Waals surface area contributed by atoms with Gasteiger partial charge >= 0.3 is 23.9 Å². The van der Waals surface area contributed by atoms with Crippen molar-refractivity contribution in [1.29, 1.82) is 0 Å². The molecule has 0 N–H and O–H groups in total. The van der Waals surface area contributed by atoms with Gasteiger partial charge in [0.1, 0.15) is 75.9 Å². The van der Waals surface area contributed by atoms with Crippen molar-refractivity contribution in [2.75, 3.05) is 52.9 Å². The summed E-state index contributed by atoms with van der Waals surface area (Å²) < 4.78 is 43.0. The smallest absolute Gasteiger partial charge is 0.330 e. The number of carbonyl (C=O) groups is 4. The van der Waals surface area contributed by atoms with Crippen molar-refractivity contribution >= 4 is 23.9 Å². The SMILES string of the molecule is C=CC(=O)OCCOc1cc(OCCOC(=O)C=C)cc(-c2cc(OCCOC(=O)C=C)cc(OCCOC(=O)C=C)c2)c1. The molecule has 0 aliphatic carbocycles. The average molecular weight is 611 g/mol. The third kappa shape index (κ3) is 13.4. The van der Waals surface area contributed by atoms with E-state index in [1.165, 1.54) is 0 Å². The van der Waals surface area contributed by atoms with E-state index in [1.54, 1.807) is 36.4 Å². The van der Waals surface area contributed by atoms with Crippen LogP contribution in [0.15, 0.2) is 87.0 Å². The standard InChI is InChI=1S/C32H34O12/c1-5-29(33)41-13-9-37-25-17-23(18-26(21-25)38-10-14-42-30(34)6-2)24-19-27(39-11-15-43-31(35)7-3)22-28(20-24)40-12-16-44-32(36)8-4/h5-8,17-22H,1-4,9-16H2. The molecule has 0 saturated carbocycles. The fourth-order valence-electron chi connectivity index (χ4n) is 3.25. The second-order valence-electron chi connectivity index (χ2n) is 8.27. The lowest BCUT2D eigenvalue weighted by molar-refractivity contribution is -0.139. The highest BCUT2D eigenvalue weighted by Gasteiger charge is 2.11. The zero-order valence-corrected chi connectivity index (χ0v) is 24.2. The van der Waals surface area contributed by atoms with Crippen LogP contribution < -0.4 is 18.9 Å². The van der Waals surface area contributed by atoms with Crippen molar-refractivity contribution < 1.29 is 57.1 Å². The van der Waals surface area contributed by atoms with Gasteiger partial charge in [0.05, 0.1) is 0 Å². The first kappa shape index (κ1) is 34.7. The largest absolute Gasteiger partial charge is 0.490 e. The molecule has 44 heavy (non-hydrogen) atoms. The minimum Gasteiger partial charge on any atom is -0.490 e. The van der Waals surface area contributed by atoms with Gasteiger partial charge in [-0.1, -0.05) is 26.3 Å². The molecule has 2 aromatic rings. The van der Waals surface area contributed by atoms with Crippen molar-refractivity contribution in [2.24, 2.45) is 0 Å². The summed E-state index contributed by atoms with van der Waals surface area (Å²) in [5.41, 5.74) is 1.24. The molecule has 0 unspecified atom stereocenters. The van der Waals surface area contributed by atoms with Gasteiger partial charge in [-0.25, -0.2) is 19.2 Å². The van der Waals surface area contributed by atoms with Crippen LogP contribution in [0.4, 0.5) is 0 Å². The molecule has 0 radical (unpaired) electrons. The molecular formula is C32H34O12. The van der Waals surface area contributed by atoms with E-state index >= 15 is 0 Å². The molecule has 12 heteroatoms. The molecule has 0 amide bonds. The number of benzene rings is 2. The molecule has 0 atom stereocenters. The maximum Gasteiger partial charge on any atom is 0.330 e. The number of hydrogen-bond acceptors (Lipinski definition) is 12. The van der Waals surface area contributed by atoms with Crippen LogP contribution in [-0.2, 0) is 38.1 Å². The van der Waals surface area contributed by atoms with Gasteiger partial charge in [0.15, 0.2) is 0 Å². The summed E-state index contributed by atoms with van der Waals surface area (Å²) in [5.74, 6) is -0.778. The Balaban J connectivity index is 2.32. The summed E-state index contributed by atoms with van der Waals surface area (Å²) in [5, 5.41) is 0. The Labute approximate surface area is 255 Å². The minimum absolute atomic E-state index is 0.0169. The predicted molar refractivity (Wildman–Crippen MR) is 158 cm³/mol. The van der Waals surface area contributed by atoms with E-state index in [9.17, 15) is 19.2 Å². The van der Waals surface area contributed by atoms with Crippen LogP contribution in [0.5, 0.6) is 23.0 Å². The molecule has 0 heterocycles. The van der Waals surface area contributed by atoms with Gasteiger partial charge in [-0.3, -0.25) is 0 Å². The first-order chi connectivity index (χ1) is 21.3. The summed E-state index contributed by atoms with van der Waals surface area (Å²) in [7, 11) is 0. The number of hydrogen-bond donors (Lipinski definition) is 0. The molecule has 12 nitrogen and oxygen atoms in total. The normalized spacial score (nSPS) is 9.91. The minimum atomic E-state index is -0.580. The molecule has 0 spiro atoms. The van der Waals surface area contributed by atoms with Crippen molar-refractivity contribution in [3.63, 3.8) is 0 Å². The maximum atomic E-state index is 11.3. The third-order valence-electron chi connectivity index (χ3n) is 5.15. The molecule has 0 aliphatic heterocycles. The van der Waals surface area contributed by atoms with Gasteiger partial charge in [0.2, 0.25) is 0 Å². The average Bonchev–Trinajstić information content (AvgIpc) is 3.04. The van der Waals surface area contributed by atoms with E-state index in [1.807, 2.05) is 0 Å². The van der Waals surface area contributed by atoms with Crippen molar-refractivity contribution in [1.82, 2.24) is 0 Å². The highest BCUT2D eigenvalue weighted by Crippen LogP contribution is 2.35. The number of esters is 4. The Kier molecular flexibility index (Phi) is 15.4. The molecule has 2 rings (SSSR count). The Morgan fingerprint density at radius 1 is 0.409 bits per heavy atom. The molecule has 0 aliphatic rings. The maximum absolute atomic E-state index is 11.3. The molecule has 0 saturated heterocycles. The summed E-state index contributed by atoms with van der Waals surface area (Å²) in [4.78, 5) is 45.4. The summed E-state index contributed by atoms with van der Waals surface area (Å²) in [6.45, 7) is 13.5. The van der Waals surface area contributed by atoms with E-state index in [4.69, 9.17) is 37.9 Å². The van der Waals surface area contributed by atoms with Crippen LogP contribution in [0, 0.1) is 0 Å². The lowest BCUT2D eigenvalue weighted by atomic mass is 10.0. The predicted octanol–water partition coefficient (Wildman–Crippen LogP) is 3.79. The van der Waals surface area contributed by atoms with Crippen molar-refractivity contribution in [3.8, 4) is 34.1 Å². The van der Waals surface area contributed by atoms with Crippen LogP contribution in [0.1, 0.15) is 0 Å². The Morgan fingerprint density at radius 2 is 0.636 bits per heavy atom. The molecular weight excluding hydrogens is 576 g/mol. The fraction of sp³-hybridized carbons (Fsp3) is 0.250. The number of rotatable bonds is 21. The van der Waals surface area contributed by atoms with E-state index in [0.717, 1.165) is 24.3 Å². The fourth-order valence-corrected chi connectivity index (χ4v) is 3.25. The van der Waals surface area contributed by atoms with E-state index in [2.05, 4.69) is 26.3 Å². The van der Waals surface area contributed by atoms with Crippen LogP contribution in [0.25, 0.3) is 11.1 Å². The van der Waals surface area contributed by atoms with E-state index < -0.39 is 23.9 Å². The highest BCUT2D eigenvalue weighted by molar-refractivity contribution is 5.82. The van der Waals surface area contributed by atoms with Crippen molar-refractivity contribution in [3.05, 3.63) is 87.0 Å². The highest BCUT2D eigenvalue weighted by atomic mass is 16.6. The molecule has 0 fully saturated rings. The van der Waals surface area contributed by atoms with Gasteiger partial charge in [0.25, 0.3) is 0 Å². The van der Waals surface area contributed by atoms with Gasteiger partial charge in [-0.05, 0) is 35.4 Å². The van der Waals surface area contributed by atoms with E-state index in [-0.39, 0.29) is 52.9 Å². The first-order valence-corrected chi connectivity index (χ1v) is 13.3. The number of ether oxygens (including phenoxy) is 8. The van der Waals surface area contributed by atoms with Gasteiger partial charge < -0.3 is 37.9 Å². The lowest BCUT2D eigenvalue weighted by Gasteiger charge is -2.15. The monoisotopic (exact) mass is 610 g/mol. The molecule has 0 bridgehead atoms. The summed E-state index contributed by atoms with van der Waals surface area (Å²) in [6.07, 6.45) is 4.20. The van der Waals surface area contributed by atoms with Crippen LogP contribution in [-0.4, -0.2) is 76.7 Å². The Morgan fingerprint density at radius 3 is 0.841 bits per heavy atom. The van der Waals surface area contributed by atoms with Gasteiger partial charge in [-0.15, -0.1) is 0 Å². The Hall–Kier alpha value is -5.52. The van der Waals surface area contributed by atoms with Gasteiger partial charge in [0, 0.05) is 36.4 Å². The molecule has 234 valence electrons.